The summed E-state index contributed by atoms with van der Waals surface area (Å²) < 4.78 is 31.4. The molecule has 1 aromatic carbocycles. The summed E-state index contributed by atoms with van der Waals surface area (Å²) in [5.74, 6) is 0. The third-order valence-electron chi connectivity index (χ3n) is 1.76. The number of nitrogens with zero attached hydrogens (tertiary/aromatic N) is 1. The highest BCUT2D eigenvalue weighted by atomic mass is 32.2. The molecule has 0 saturated heterocycles. The van der Waals surface area contributed by atoms with Gasteiger partial charge in [-0.25, -0.2) is 4.98 Å². The Morgan fingerprint density at radius 1 is 1.40 bits per heavy atom. The van der Waals surface area contributed by atoms with Crippen LogP contribution in [-0.2, 0) is 10.1 Å². The lowest BCUT2D eigenvalue weighted by Gasteiger charge is -1.96. The third kappa shape index (κ3) is 2.15. The van der Waals surface area contributed by atoms with E-state index in [1.165, 1.54) is 17.4 Å². The smallest absolute Gasteiger partial charge is 0.296 e. The van der Waals surface area contributed by atoms with Gasteiger partial charge < -0.3 is 5.48 Å². The quantitative estimate of drug-likeness (QED) is 0.760. The van der Waals surface area contributed by atoms with Crippen molar-refractivity contribution in [3.63, 3.8) is 0 Å². The number of benzene rings is 1. The van der Waals surface area contributed by atoms with Gasteiger partial charge in [0.25, 0.3) is 10.1 Å². The normalized spacial score (nSPS) is 11.3. The van der Waals surface area contributed by atoms with E-state index in [0.717, 1.165) is 5.01 Å². The van der Waals surface area contributed by atoms with Gasteiger partial charge in [-0.15, -0.1) is 11.3 Å². The van der Waals surface area contributed by atoms with Gasteiger partial charge in [0.15, 0.2) is 0 Å². The minimum Gasteiger partial charge on any atom is -0.412 e. The standard InChI is InChI=1S/C8H7NO3S2.H2O/c1-5-9-6-3-2-4-7(8(6)13-5)14(10,11)12;/h2-4H,1H3,(H,10,11,12);1H2. The zero-order valence-corrected chi connectivity index (χ0v) is 9.39. The second-order valence-electron chi connectivity index (χ2n) is 2.81. The molecule has 0 fully saturated rings. The molecule has 2 rings (SSSR count). The number of aryl methyl sites for hydroxylation is 1. The lowest BCUT2D eigenvalue weighted by atomic mass is 10.3. The highest BCUT2D eigenvalue weighted by Gasteiger charge is 2.15. The van der Waals surface area contributed by atoms with Crippen molar-refractivity contribution in [3.8, 4) is 0 Å². The van der Waals surface area contributed by atoms with E-state index in [2.05, 4.69) is 4.98 Å². The van der Waals surface area contributed by atoms with Crippen LogP contribution in [0.4, 0.5) is 0 Å². The Balaban J connectivity index is 0.00000112. The highest BCUT2D eigenvalue weighted by molar-refractivity contribution is 7.86. The van der Waals surface area contributed by atoms with Gasteiger partial charge in [-0.05, 0) is 19.1 Å². The van der Waals surface area contributed by atoms with Gasteiger partial charge in [0.1, 0.15) is 4.90 Å². The van der Waals surface area contributed by atoms with Crippen LogP contribution in [0.1, 0.15) is 5.01 Å². The number of thiazole rings is 1. The minimum absolute atomic E-state index is 0. The van der Waals surface area contributed by atoms with Crippen molar-refractivity contribution < 1.29 is 18.4 Å². The first-order valence-electron chi connectivity index (χ1n) is 3.82. The van der Waals surface area contributed by atoms with Crippen LogP contribution in [0, 0.1) is 6.92 Å². The maximum atomic E-state index is 11.0. The molecule has 0 spiro atoms. The lowest BCUT2D eigenvalue weighted by molar-refractivity contribution is 0.484. The van der Waals surface area contributed by atoms with Crippen molar-refractivity contribution in [2.24, 2.45) is 0 Å². The minimum atomic E-state index is -4.15. The third-order valence-corrected chi connectivity index (χ3v) is 3.81. The molecular formula is C8H9NO4S2. The molecule has 82 valence electrons. The second kappa shape index (κ2) is 3.86. The van der Waals surface area contributed by atoms with E-state index in [-0.39, 0.29) is 10.4 Å². The number of rotatable bonds is 1. The molecule has 2 aromatic rings. The summed E-state index contributed by atoms with van der Waals surface area (Å²) in [6.07, 6.45) is 0. The predicted octanol–water partition coefficient (Wildman–Crippen LogP) is 1.03. The van der Waals surface area contributed by atoms with E-state index >= 15 is 0 Å². The molecule has 7 heteroatoms. The van der Waals surface area contributed by atoms with Gasteiger partial charge in [-0.2, -0.15) is 8.42 Å². The molecule has 0 unspecified atom stereocenters. The molecule has 0 radical (unpaired) electrons. The highest BCUT2D eigenvalue weighted by Crippen LogP contribution is 2.27. The number of hydrogen-bond acceptors (Lipinski definition) is 4. The van der Waals surface area contributed by atoms with E-state index in [9.17, 15) is 8.42 Å². The summed E-state index contributed by atoms with van der Waals surface area (Å²) >= 11 is 1.26. The Kier molecular flexibility index (Phi) is 3.10. The molecule has 0 atom stereocenters. The average Bonchev–Trinajstić information content (AvgIpc) is 2.41. The zero-order chi connectivity index (χ0) is 10.3. The van der Waals surface area contributed by atoms with Crippen LogP contribution < -0.4 is 0 Å². The van der Waals surface area contributed by atoms with Gasteiger partial charge in [0.05, 0.1) is 15.2 Å². The van der Waals surface area contributed by atoms with Crippen molar-refractivity contribution in [3.05, 3.63) is 23.2 Å². The molecule has 0 bridgehead atoms. The Bertz CT molecular complexity index is 588. The molecule has 1 aromatic heterocycles. The summed E-state index contributed by atoms with van der Waals surface area (Å²) in [6, 6.07) is 4.65. The maximum absolute atomic E-state index is 11.0. The molecule has 15 heavy (non-hydrogen) atoms. The van der Waals surface area contributed by atoms with E-state index in [0.29, 0.717) is 10.2 Å². The van der Waals surface area contributed by atoms with Crippen LogP contribution in [-0.4, -0.2) is 23.4 Å². The molecule has 5 nitrogen and oxygen atoms in total. The summed E-state index contributed by atoms with van der Waals surface area (Å²) in [5, 5.41) is 0.774. The maximum Gasteiger partial charge on any atom is 0.296 e. The molecule has 1 heterocycles. The fourth-order valence-electron chi connectivity index (χ4n) is 1.24. The van der Waals surface area contributed by atoms with Crippen LogP contribution in [0.3, 0.4) is 0 Å². The Morgan fingerprint density at radius 2 is 2.07 bits per heavy atom. The van der Waals surface area contributed by atoms with Crippen LogP contribution in [0.5, 0.6) is 0 Å². The molecule has 0 aliphatic carbocycles. The second-order valence-corrected chi connectivity index (χ2v) is 5.41. The van der Waals surface area contributed by atoms with E-state index < -0.39 is 10.1 Å². The van der Waals surface area contributed by atoms with Crippen molar-refractivity contribution in [1.82, 2.24) is 4.98 Å². The Labute approximate surface area is 90.4 Å². The summed E-state index contributed by atoms with van der Waals surface area (Å²) in [4.78, 5) is 4.06. The molecule has 3 N–H and O–H groups in total. The fraction of sp³-hybridized carbons (Fsp3) is 0.125. The van der Waals surface area contributed by atoms with E-state index in [4.69, 9.17) is 4.55 Å². The van der Waals surface area contributed by atoms with Gasteiger partial charge in [0.2, 0.25) is 0 Å². The molecule has 0 aliphatic rings. The monoisotopic (exact) mass is 247 g/mol. The summed E-state index contributed by atoms with van der Waals surface area (Å²) in [5.41, 5.74) is 0.600. The van der Waals surface area contributed by atoms with Gasteiger partial charge >= 0.3 is 0 Å². The van der Waals surface area contributed by atoms with E-state index in [1.54, 1.807) is 19.1 Å². The predicted molar refractivity (Wildman–Crippen MR) is 57.8 cm³/mol. The first-order chi connectivity index (χ1) is 6.48. The molecule has 0 amide bonds. The molecule has 0 aliphatic heterocycles. The lowest BCUT2D eigenvalue weighted by Crippen LogP contribution is -1.97. The van der Waals surface area contributed by atoms with Crippen LogP contribution in [0.25, 0.3) is 10.2 Å². The SMILES string of the molecule is Cc1nc2cccc(S(=O)(=O)O)c2s1.O. The largest absolute Gasteiger partial charge is 0.412 e. The van der Waals surface area contributed by atoms with Crippen molar-refractivity contribution in [2.45, 2.75) is 11.8 Å². The van der Waals surface area contributed by atoms with Crippen LogP contribution in [0.2, 0.25) is 0 Å². The first kappa shape index (κ1) is 12.1. The van der Waals surface area contributed by atoms with Crippen LogP contribution >= 0.6 is 11.3 Å². The topological polar surface area (TPSA) is 98.8 Å². The Morgan fingerprint density at radius 3 is 2.67 bits per heavy atom. The number of hydrogen-bond donors (Lipinski definition) is 1. The van der Waals surface area contributed by atoms with Gasteiger partial charge in [0, 0.05) is 0 Å². The summed E-state index contributed by atoms with van der Waals surface area (Å²) in [6.45, 7) is 1.79. The van der Waals surface area contributed by atoms with Crippen molar-refractivity contribution in [2.75, 3.05) is 0 Å². The Hall–Kier alpha value is -1.02. The number of fused-ring (bicyclic) bond motifs is 1. The summed E-state index contributed by atoms with van der Waals surface area (Å²) in [7, 11) is -4.15. The van der Waals surface area contributed by atoms with Gasteiger partial charge in [-0.1, -0.05) is 6.07 Å². The van der Waals surface area contributed by atoms with Crippen LogP contribution in [0.15, 0.2) is 23.1 Å². The number of aromatic nitrogens is 1. The van der Waals surface area contributed by atoms with E-state index in [1.807, 2.05) is 0 Å². The fourth-order valence-corrected chi connectivity index (χ4v) is 3.09. The van der Waals surface area contributed by atoms with Crippen molar-refractivity contribution in [1.29, 1.82) is 0 Å². The zero-order valence-electron chi connectivity index (χ0n) is 7.76. The average molecular weight is 247 g/mol. The molecule has 0 saturated carbocycles. The molecular weight excluding hydrogens is 238 g/mol. The van der Waals surface area contributed by atoms with Gasteiger partial charge in [-0.3, -0.25) is 4.55 Å². The van der Waals surface area contributed by atoms with Crippen molar-refractivity contribution >= 4 is 31.7 Å². The first-order valence-corrected chi connectivity index (χ1v) is 6.08.